The molecule has 1 fully saturated rings. The number of rotatable bonds is 6. The second-order valence-corrected chi connectivity index (χ2v) is 8.37. The predicted octanol–water partition coefficient (Wildman–Crippen LogP) is 3.99. The molecule has 2 aromatic carbocycles. The van der Waals surface area contributed by atoms with Gasteiger partial charge < -0.3 is 19.7 Å². The largest absolute Gasteiger partial charge is 0.483 e. The smallest absolute Gasteiger partial charge is 0.266 e. The molecule has 0 unspecified atom stereocenters. The first-order valence-electron chi connectivity index (χ1n) is 9.43. The molecule has 0 aliphatic carbocycles. The third-order valence-electron chi connectivity index (χ3n) is 4.45. The molecule has 160 valence electrons. The highest BCUT2D eigenvalue weighted by atomic mass is 79.9. The van der Waals surface area contributed by atoms with Crippen molar-refractivity contribution >= 4 is 55.4 Å². The maximum Gasteiger partial charge on any atom is 0.266 e. The van der Waals surface area contributed by atoms with Gasteiger partial charge >= 0.3 is 0 Å². The van der Waals surface area contributed by atoms with E-state index in [9.17, 15) is 14.9 Å². The van der Waals surface area contributed by atoms with E-state index in [0.717, 1.165) is 4.47 Å². The topological polar surface area (TPSA) is 91.7 Å². The van der Waals surface area contributed by atoms with Crippen LogP contribution in [0.3, 0.4) is 0 Å². The Morgan fingerprint density at radius 2 is 1.87 bits per heavy atom. The molecule has 0 radical (unpaired) electrons. The van der Waals surface area contributed by atoms with Crippen molar-refractivity contribution in [3.63, 3.8) is 0 Å². The Labute approximate surface area is 196 Å². The number of carbonyl (C=O) groups excluding carboxylic acids is 2. The number of carbonyl (C=O) groups is 2. The zero-order valence-electron chi connectivity index (χ0n) is 16.4. The van der Waals surface area contributed by atoms with E-state index in [1.165, 1.54) is 6.08 Å². The lowest BCUT2D eigenvalue weighted by Gasteiger charge is -2.26. The Kier molecular flexibility index (Phi) is 8.23. The first-order valence-corrected chi connectivity index (χ1v) is 11.0. The number of benzene rings is 2. The van der Waals surface area contributed by atoms with E-state index in [2.05, 4.69) is 37.2 Å². The lowest BCUT2D eigenvalue weighted by Crippen LogP contribution is -2.43. The zero-order chi connectivity index (χ0) is 22.2. The number of hydrogen-bond donors (Lipinski definition) is 1. The second kappa shape index (κ2) is 11.1. The fraction of sp³-hybridized carbons (Fsp3) is 0.227. The summed E-state index contributed by atoms with van der Waals surface area (Å²) in [6.45, 7) is 2.12. The van der Waals surface area contributed by atoms with Crippen molar-refractivity contribution in [3.8, 4) is 11.8 Å². The Morgan fingerprint density at radius 1 is 1.16 bits per heavy atom. The Balaban J connectivity index is 1.63. The average molecular weight is 549 g/mol. The van der Waals surface area contributed by atoms with E-state index in [4.69, 9.17) is 9.47 Å². The van der Waals surface area contributed by atoms with Gasteiger partial charge in [-0.1, -0.05) is 22.0 Å². The van der Waals surface area contributed by atoms with Crippen molar-refractivity contribution in [1.29, 1.82) is 5.26 Å². The number of hydrogen-bond acceptors (Lipinski definition) is 5. The fourth-order valence-corrected chi connectivity index (χ4v) is 3.59. The summed E-state index contributed by atoms with van der Waals surface area (Å²) >= 11 is 6.75. The van der Waals surface area contributed by atoms with Crippen LogP contribution in [0.4, 0.5) is 5.69 Å². The number of nitriles is 1. The first-order chi connectivity index (χ1) is 15.0. The summed E-state index contributed by atoms with van der Waals surface area (Å²) in [5.74, 6) is -0.107. The third kappa shape index (κ3) is 6.66. The first kappa shape index (κ1) is 23.0. The highest BCUT2D eigenvalue weighted by Gasteiger charge is 2.17. The van der Waals surface area contributed by atoms with Gasteiger partial charge in [0.15, 0.2) is 6.61 Å². The molecular formula is C22H19Br2N3O4. The van der Waals surface area contributed by atoms with Crippen LogP contribution < -0.4 is 10.1 Å². The van der Waals surface area contributed by atoms with Crippen molar-refractivity contribution in [2.75, 3.05) is 38.2 Å². The molecule has 1 saturated heterocycles. The standard InChI is InChI=1S/C22H19Br2N3O4/c23-17-2-4-18(5-3-17)26-22(29)16(13-25)11-15-1-6-20(19(24)12-15)31-14-21(28)27-7-9-30-10-8-27/h1-6,11-12H,7-10,14H2,(H,26,29)/b16-11-. The van der Waals surface area contributed by atoms with Gasteiger partial charge in [0.2, 0.25) is 0 Å². The number of morpholine rings is 1. The average Bonchev–Trinajstić information content (AvgIpc) is 2.78. The Bertz CT molecular complexity index is 1030. The number of nitrogens with zero attached hydrogens (tertiary/aromatic N) is 2. The van der Waals surface area contributed by atoms with Crippen molar-refractivity contribution < 1.29 is 19.1 Å². The van der Waals surface area contributed by atoms with Crippen LogP contribution in [0.5, 0.6) is 5.75 Å². The van der Waals surface area contributed by atoms with Crippen molar-refractivity contribution in [2.45, 2.75) is 0 Å². The fourth-order valence-electron chi connectivity index (χ4n) is 2.81. The van der Waals surface area contributed by atoms with E-state index in [1.54, 1.807) is 47.4 Å². The van der Waals surface area contributed by atoms with Crippen LogP contribution in [0.2, 0.25) is 0 Å². The molecule has 2 amide bonds. The van der Waals surface area contributed by atoms with Crippen LogP contribution in [0.15, 0.2) is 57.0 Å². The molecule has 31 heavy (non-hydrogen) atoms. The van der Waals surface area contributed by atoms with Gasteiger partial charge in [-0.05, 0) is 64.0 Å². The maximum absolute atomic E-state index is 12.4. The monoisotopic (exact) mass is 547 g/mol. The maximum atomic E-state index is 12.4. The molecule has 0 saturated carbocycles. The number of halogens is 2. The van der Waals surface area contributed by atoms with Crippen molar-refractivity contribution in [3.05, 3.63) is 62.5 Å². The molecule has 0 atom stereocenters. The molecule has 2 aromatic rings. The molecule has 3 rings (SSSR count). The summed E-state index contributed by atoms with van der Waals surface area (Å²) in [6, 6.07) is 14.1. The summed E-state index contributed by atoms with van der Waals surface area (Å²) in [5.41, 5.74) is 1.19. The number of anilines is 1. The lowest BCUT2D eigenvalue weighted by molar-refractivity contribution is -0.137. The third-order valence-corrected chi connectivity index (χ3v) is 5.60. The second-order valence-electron chi connectivity index (χ2n) is 6.60. The summed E-state index contributed by atoms with van der Waals surface area (Å²) in [4.78, 5) is 26.3. The van der Waals surface area contributed by atoms with Gasteiger partial charge in [0.05, 0.1) is 17.7 Å². The van der Waals surface area contributed by atoms with Crippen LogP contribution in [-0.4, -0.2) is 49.6 Å². The van der Waals surface area contributed by atoms with Crippen molar-refractivity contribution in [1.82, 2.24) is 4.90 Å². The molecule has 0 bridgehead atoms. The highest BCUT2D eigenvalue weighted by molar-refractivity contribution is 9.10. The lowest BCUT2D eigenvalue weighted by atomic mass is 10.1. The minimum Gasteiger partial charge on any atom is -0.483 e. The van der Waals surface area contributed by atoms with Crippen LogP contribution in [-0.2, 0) is 14.3 Å². The van der Waals surface area contributed by atoms with Gasteiger partial charge in [0, 0.05) is 23.2 Å². The van der Waals surface area contributed by atoms with Crippen LogP contribution in [0, 0.1) is 11.3 Å². The number of amides is 2. The normalized spacial score (nSPS) is 14.0. The quantitative estimate of drug-likeness (QED) is 0.435. The van der Waals surface area contributed by atoms with Gasteiger partial charge in [0.25, 0.3) is 11.8 Å². The molecule has 9 heteroatoms. The van der Waals surface area contributed by atoms with Gasteiger partial charge in [-0.3, -0.25) is 9.59 Å². The molecular weight excluding hydrogens is 530 g/mol. The van der Waals surface area contributed by atoms with E-state index >= 15 is 0 Å². The summed E-state index contributed by atoms with van der Waals surface area (Å²) in [6.07, 6.45) is 1.49. The van der Waals surface area contributed by atoms with Crippen LogP contribution >= 0.6 is 31.9 Å². The van der Waals surface area contributed by atoms with Crippen LogP contribution in [0.1, 0.15) is 5.56 Å². The van der Waals surface area contributed by atoms with Crippen molar-refractivity contribution in [2.24, 2.45) is 0 Å². The van der Waals surface area contributed by atoms with Gasteiger partial charge in [-0.15, -0.1) is 0 Å². The predicted molar refractivity (Wildman–Crippen MR) is 123 cm³/mol. The van der Waals surface area contributed by atoms with Gasteiger partial charge in [-0.2, -0.15) is 5.26 Å². The molecule has 1 aliphatic heterocycles. The number of nitrogens with one attached hydrogen (secondary N) is 1. The van der Waals surface area contributed by atoms with E-state index in [-0.39, 0.29) is 18.1 Å². The molecule has 1 N–H and O–H groups in total. The van der Waals surface area contributed by atoms with E-state index in [0.29, 0.717) is 47.8 Å². The molecule has 1 heterocycles. The Morgan fingerprint density at radius 3 is 2.52 bits per heavy atom. The summed E-state index contributed by atoms with van der Waals surface area (Å²) in [7, 11) is 0. The van der Waals surface area contributed by atoms with Crippen LogP contribution in [0.25, 0.3) is 6.08 Å². The highest BCUT2D eigenvalue weighted by Crippen LogP contribution is 2.27. The van der Waals surface area contributed by atoms with Gasteiger partial charge in [0.1, 0.15) is 17.4 Å². The molecule has 0 spiro atoms. The minimum atomic E-state index is -0.502. The molecule has 0 aromatic heterocycles. The number of ether oxygens (including phenoxy) is 2. The summed E-state index contributed by atoms with van der Waals surface area (Å²) < 4.78 is 12.4. The Hall–Kier alpha value is -2.67. The van der Waals surface area contributed by atoms with E-state index < -0.39 is 5.91 Å². The van der Waals surface area contributed by atoms with E-state index in [1.807, 2.05) is 6.07 Å². The summed E-state index contributed by atoms with van der Waals surface area (Å²) in [5, 5.41) is 12.1. The molecule has 7 nitrogen and oxygen atoms in total. The molecule has 1 aliphatic rings. The van der Waals surface area contributed by atoms with Gasteiger partial charge in [-0.25, -0.2) is 0 Å². The zero-order valence-corrected chi connectivity index (χ0v) is 19.6. The SMILES string of the molecule is N#C/C(=C/c1ccc(OCC(=O)N2CCOCC2)c(Br)c1)C(=O)Nc1ccc(Br)cc1. The minimum absolute atomic E-state index is 0.0361.